The standard InChI is InChI=1S/C12H24N2/c1-3-4-10(2)14-8-7-13-9-12(14)11-5-6-11/h10-13H,3-9H2,1-2H3. The predicted octanol–water partition coefficient (Wildman–Crippen LogP) is 1.86. The predicted molar refractivity (Wildman–Crippen MR) is 60.5 cm³/mol. The average Bonchev–Trinajstić information content (AvgIpc) is 3.01. The van der Waals surface area contributed by atoms with E-state index in [9.17, 15) is 0 Å². The Kier molecular flexibility index (Phi) is 3.45. The van der Waals surface area contributed by atoms with Gasteiger partial charge in [-0.05, 0) is 32.1 Å². The van der Waals surface area contributed by atoms with E-state index in [2.05, 4.69) is 24.1 Å². The summed E-state index contributed by atoms with van der Waals surface area (Å²) in [5.74, 6) is 1.02. The third kappa shape index (κ3) is 2.29. The minimum atomic E-state index is 0.799. The van der Waals surface area contributed by atoms with E-state index in [1.807, 2.05) is 0 Å². The SMILES string of the molecule is CCCC(C)N1CCNCC1C1CC1. The molecule has 2 atom stereocenters. The Morgan fingerprint density at radius 1 is 1.43 bits per heavy atom. The second-order valence-electron chi connectivity index (χ2n) is 4.98. The number of nitrogens with one attached hydrogen (secondary N) is 1. The molecule has 0 radical (unpaired) electrons. The molecule has 1 aliphatic heterocycles. The zero-order valence-corrected chi connectivity index (χ0v) is 9.63. The highest BCUT2D eigenvalue weighted by Crippen LogP contribution is 2.36. The molecule has 1 heterocycles. The number of piperazine rings is 1. The van der Waals surface area contributed by atoms with Crippen LogP contribution in [0.3, 0.4) is 0 Å². The molecule has 0 amide bonds. The fourth-order valence-electron chi connectivity index (χ4n) is 2.79. The molecule has 1 N–H and O–H groups in total. The maximum atomic E-state index is 3.54. The van der Waals surface area contributed by atoms with Crippen LogP contribution in [0.4, 0.5) is 0 Å². The molecule has 2 heteroatoms. The van der Waals surface area contributed by atoms with Gasteiger partial charge in [-0.15, -0.1) is 0 Å². The van der Waals surface area contributed by atoms with E-state index < -0.39 is 0 Å². The maximum Gasteiger partial charge on any atom is 0.0252 e. The first-order valence-corrected chi connectivity index (χ1v) is 6.29. The van der Waals surface area contributed by atoms with Gasteiger partial charge in [-0.2, -0.15) is 0 Å². The van der Waals surface area contributed by atoms with E-state index in [1.165, 1.54) is 45.3 Å². The van der Waals surface area contributed by atoms with Crippen molar-refractivity contribution in [3.63, 3.8) is 0 Å². The van der Waals surface area contributed by atoms with Crippen LogP contribution in [0, 0.1) is 5.92 Å². The van der Waals surface area contributed by atoms with E-state index >= 15 is 0 Å². The summed E-state index contributed by atoms with van der Waals surface area (Å²) in [6.45, 7) is 8.40. The van der Waals surface area contributed by atoms with E-state index in [0.717, 1.165) is 18.0 Å². The first kappa shape index (κ1) is 10.4. The zero-order chi connectivity index (χ0) is 9.97. The van der Waals surface area contributed by atoms with Crippen LogP contribution in [0.2, 0.25) is 0 Å². The van der Waals surface area contributed by atoms with Crippen molar-refractivity contribution in [2.45, 2.75) is 51.6 Å². The third-order valence-electron chi connectivity index (χ3n) is 3.77. The molecule has 2 aliphatic rings. The van der Waals surface area contributed by atoms with Gasteiger partial charge in [0.2, 0.25) is 0 Å². The lowest BCUT2D eigenvalue weighted by atomic mass is 10.0. The monoisotopic (exact) mass is 196 g/mol. The van der Waals surface area contributed by atoms with Gasteiger partial charge in [0.1, 0.15) is 0 Å². The highest BCUT2D eigenvalue weighted by molar-refractivity contribution is 4.93. The number of hydrogen-bond acceptors (Lipinski definition) is 2. The van der Waals surface area contributed by atoms with E-state index in [0.29, 0.717) is 0 Å². The van der Waals surface area contributed by atoms with Crippen LogP contribution in [-0.4, -0.2) is 36.6 Å². The van der Waals surface area contributed by atoms with Crippen LogP contribution < -0.4 is 5.32 Å². The maximum absolute atomic E-state index is 3.54. The van der Waals surface area contributed by atoms with Crippen LogP contribution in [-0.2, 0) is 0 Å². The van der Waals surface area contributed by atoms with Crippen molar-refractivity contribution in [1.82, 2.24) is 10.2 Å². The summed E-state index contributed by atoms with van der Waals surface area (Å²) in [4.78, 5) is 2.76. The number of hydrogen-bond donors (Lipinski definition) is 1. The van der Waals surface area contributed by atoms with Gasteiger partial charge < -0.3 is 5.32 Å². The molecule has 1 saturated heterocycles. The first-order chi connectivity index (χ1) is 6.83. The van der Waals surface area contributed by atoms with Crippen molar-refractivity contribution in [3.8, 4) is 0 Å². The topological polar surface area (TPSA) is 15.3 Å². The summed E-state index contributed by atoms with van der Waals surface area (Å²) in [5.41, 5.74) is 0. The van der Waals surface area contributed by atoms with E-state index in [-0.39, 0.29) is 0 Å². The number of nitrogens with zero attached hydrogens (tertiary/aromatic N) is 1. The van der Waals surface area contributed by atoms with Gasteiger partial charge in [-0.3, -0.25) is 4.90 Å². The second-order valence-corrected chi connectivity index (χ2v) is 4.98. The molecule has 0 aromatic rings. The molecule has 0 aromatic carbocycles. The van der Waals surface area contributed by atoms with E-state index in [4.69, 9.17) is 0 Å². The van der Waals surface area contributed by atoms with Gasteiger partial charge in [0.25, 0.3) is 0 Å². The Balaban J connectivity index is 1.91. The Morgan fingerprint density at radius 3 is 2.86 bits per heavy atom. The third-order valence-corrected chi connectivity index (χ3v) is 3.77. The van der Waals surface area contributed by atoms with Crippen LogP contribution >= 0.6 is 0 Å². The smallest absolute Gasteiger partial charge is 0.0252 e. The van der Waals surface area contributed by atoms with E-state index in [1.54, 1.807) is 0 Å². The molecule has 82 valence electrons. The lowest BCUT2D eigenvalue weighted by molar-refractivity contribution is 0.0950. The largest absolute Gasteiger partial charge is 0.314 e. The Labute approximate surface area is 88.1 Å². The molecule has 1 aliphatic carbocycles. The second kappa shape index (κ2) is 4.63. The molecule has 0 bridgehead atoms. The van der Waals surface area contributed by atoms with Crippen LogP contribution in [0.1, 0.15) is 39.5 Å². The molecule has 2 nitrogen and oxygen atoms in total. The Hall–Kier alpha value is -0.0800. The van der Waals surface area contributed by atoms with Gasteiger partial charge >= 0.3 is 0 Å². The van der Waals surface area contributed by atoms with Crippen LogP contribution in [0.15, 0.2) is 0 Å². The fourth-order valence-corrected chi connectivity index (χ4v) is 2.79. The molecule has 14 heavy (non-hydrogen) atoms. The van der Waals surface area contributed by atoms with Crippen molar-refractivity contribution in [1.29, 1.82) is 0 Å². The normalized spacial score (nSPS) is 31.7. The van der Waals surface area contributed by atoms with Crippen LogP contribution in [0.5, 0.6) is 0 Å². The van der Waals surface area contributed by atoms with Gasteiger partial charge in [0.15, 0.2) is 0 Å². The fraction of sp³-hybridized carbons (Fsp3) is 1.00. The van der Waals surface area contributed by atoms with Gasteiger partial charge in [-0.25, -0.2) is 0 Å². The number of rotatable bonds is 4. The molecular weight excluding hydrogens is 172 g/mol. The summed E-state index contributed by atoms with van der Waals surface area (Å²) in [6.07, 6.45) is 5.63. The molecule has 2 fully saturated rings. The average molecular weight is 196 g/mol. The highest BCUT2D eigenvalue weighted by atomic mass is 15.2. The summed E-state index contributed by atoms with van der Waals surface area (Å²) < 4.78 is 0. The summed E-state index contributed by atoms with van der Waals surface area (Å²) in [5, 5.41) is 3.54. The van der Waals surface area contributed by atoms with Gasteiger partial charge in [0, 0.05) is 31.7 Å². The summed E-state index contributed by atoms with van der Waals surface area (Å²) in [6, 6.07) is 1.65. The molecule has 2 rings (SSSR count). The first-order valence-electron chi connectivity index (χ1n) is 6.29. The Bertz CT molecular complexity index is 177. The van der Waals surface area contributed by atoms with Crippen molar-refractivity contribution < 1.29 is 0 Å². The molecule has 0 aromatic heterocycles. The lowest BCUT2D eigenvalue weighted by Crippen LogP contribution is -2.55. The lowest BCUT2D eigenvalue weighted by Gasteiger charge is -2.40. The summed E-state index contributed by atoms with van der Waals surface area (Å²) >= 11 is 0. The van der Waals surface area contributed by atoms with Gasteiger partial charge in [0.05, 0.1) is 0 Å². The minimum absolute atomic E-state index is 0.799. The van der Waals surface area contributed by atoms with Crippen molar-refractivity contribution >= 4 is 0 Å². The molecule has 0 spiro atoms. The molecule has 2 unspecified atom stereocenters. The van der Waals surface area contributed by atoms with Crippen molar-refractivity contribution in [2.24, 2.45) is 5.92 Å². The molecular formula is C12H24N2. The zero-order valence-electron chi connectivity index (χ0n) is 9.63. The van der Waals surface area contributed by atoms with Crippen molar-refractivity contribution in [2.75, 3.05) is 19.6 Å². The minimum Gasteiger partial charge on any atom is -0.314 e. The summed E-state index contributed by atoms with van der Waals surface area (Å²) in [7, 11) is 0. The van der Waals surface area contributed by atoms with Crippen molar-refractivity contribution in [3.05, 3.63) is 0 Å². The molecule has 1 saturated carbocycles. The quantitative estimate of drug-likeness (QED) is 0.738. The van der Waals surface area contributed by atoms with Crippen LogP contribution in [0.25, 0.3) is 0 Å². The Morgan fingerprint density at radius 2 is 2.21 bits per heavy atom. The van der Waals surface area contributed by atoms with Gasteiger partial charge in [-0.1, -0.05) is 13.3 Å². The highest BCUT2D eigenvalue weighted by Gasteiger charge is 2.37.